The van der Waals surface area contributed by atoms with E-state index < -0.39 is 0 Å². The first-order valence-electron chi connectivity index (χ1n) is 5.72. The highest BCUT2D eigenvalue weighted by Crippen LogP contribution is 2.16. The Bertz CT molecular complexity index is 135. The summed E-state index contributed by atoms with van der Waals surface area (Å²) in [6, 6.07) is 0.783. The zero-order valence-corrected chi connectivity index (χ0v) is 10.2. The molecule has 3 heteroatoms. The molecule has 0 aromatic heterocycles. The second-order valence-corrected chi connectivity index (χ2v) is 5.29. The topological polar surface area (TPSA) is 21.3 Å². The highest BCUT2D eigenvalue weighted by molar-refractivity contribution is 7.99. The van der Waals surface area contributed by atoms with E-state index in [0.717, 1.165) is 19.2 Å². The molecule has 0 saturated carbocycles. The van der Waals surface area contributed by atoms with Gasteiger partial charge in [-0.05, 0) is 45.4 Å². The molecule has 84 valence electrons. The van der Waals surface area contributed by atoms with Gasteiger partial charge in [0.05, 0.1) is 6.10 Å². The molecule has 1 unspecified atom stereocenters. The summed E-state index contributed by atoms with van der Waals surface area (Å²) in [5.74, 6) is 2.65. The smallest absolute Gasteiger partial charge is 0.0518 e. The van der Waals surface area contributed by atoms with Crippen molar-refractivity contribution in [1.29, 1.82) is 0 Å². The third-order valence-electron chi connectivity index (χ3n) is 2.38. The van der Waals surface area contributed by atoms with Crippen LogP contribution in [-0.4, -0.2) is 36.8 Å². The van der Waals surface area contributed by atoms with Gasteiger partial charge in [-0.1, -0.05) is 0 Å². The van der Waals surface area contributed by atoms with Crippen LogP contribution in [0.1, 0.15) is 33.1 Å². The molecular formula is C11H23NOS. The van der Waals surface area contributed by atoms with E-state index in [1.165, 1.54) is 30.8 Å². The van der Waals surface area contributed by atoms with E-state index in [0.29, 0.717) is 6.10 Å². The fourth-order valence-electron chi connectivity index (χ4n) is 1.55. The number of nitrogens with one attached hydrogen (secondary N) is 1. The van der Waals surface area contributed by atoms with Gasteiger partial charge in [-0.2, -0.15) is 11.8 Å². The van der Waals surface area contributed by atoms with Gasteiger partial charge >= 0.3 is 0 Å². The molecule has 1 rings (SSSR count). The number of hydrogen-bond donors (Lipinski definition) is 1. The number of rotatable bonds is 7. The Morgan fingerprint density at radius 1 is 1.43 bits per heavy atom. The number of unbranched alkanes of at least 4 members (excludes halogenated alkanes) is 1. The number of thioether (sulfide) groups is 1. The SMILES string of the molecule is CC(C)OCCCCNC1CCSC1. The van der Waals surface area contributed by atoms with Gasteiger partial charge < -0.3 is 10.1 Å². The molecule has 0 aliphatic carbocycles. The van der Waals surface area contributed by atoms with Crippen LogP contribution in [0.3, 0.4) is 0 Å². The second kappa shape index (κ2) is 7.55. The van der Waals surface area contributed by atoms with Crippen LogP contribution in [0.25, 0.3) is 0 Å². The fourth-order valence-corrected chi connectivity index (χ4v) is 2.73. The van der Waals surface area contributed by atoms with E-state index in [-0.39, 0.29) is 0 Å². The molecule has 14 heavy (non-hydrogen) atoms. The predicted octanol–water partition coefficient (Wildman–Crippen LogP) is 2.29. The van der Waals surface area contributed by atoms with Gasteiger partial charge in [-0.15, -0.1) is 0 Å². The van der Waals surface area contributed by atoms with Gasteiger partial charge in [0.25, 0.3) is 0 Å². The molecule has 0 radical (unpaired) electrons. The van der Waals surface area contributed by atoms with Gasteiger partial charge in [0.1, 0.15) is 0 Å². The molecule has 1 saturated heterocycles. The molecule has 0 aromatic carbocycles. The minimum Gasteiger partial charge on any atom is -0.379 e. The van der Waals surface area contributed by atoms with Crippen LogP contribution < -0.4 is 5.32 Å². The van der Waals surface area contributed by atoms with E-state index in [4.69, 9.17) is 4.74 Å². The number of hydrogen-bond acceptors (Lipinski definition) is 3. The Hall–Kier alpha value is 0.270. The van der Waals surface area contributed by atoms with Crippen molar-refractivity contribution in [3.05, 3.63) is 0 Å². The molecule has 1 N–H and O–H groups in total. The lowest BCUT2D eigenvalue weighted by atomic mass is 10.2. The Morgan fingerprint density at radius 2 is 2.29 bits per heavy atom. The predicted molar refractivity (Wildman–Crippen MR) is 64.1 cm³/mol. The summed E-state index contributed by atoms with van der Waals surface area (Å²) in [7, 11) is 0. The van der Waals surface area contributed by atoms with E-state index in [9.17, 15) is 0 Å². The van der Waals surface area contributed by atoms with Gasteiger partial charge in [0, 0.05) is 18.4 Å². The van der Waals surface area contributed by atoms with E-state index >= 15 is 0 Å². The molecule has 0 spiro atoms. The maximum absolute atomic E-state index is 5.48. The second-order valence-electron chi connectivity index (χ2n) is 4.14. The van der Waals surface area contributed by atoms with E-state index in [2.05, 4.69) is 30.9 Å². The van der Waals surface area contributed by atoms with Gasteiger partial charge in [-0.3, -0.25) is 0 Å². The number of ether oxygens (including phenoxy) is 1. The largest absolute Gasteiger partial charge is 0.379 e. The Labute approximate surface area is 92.2 Å². The summed E-state index contributed by atoms with van der Waals surface area (Å²) in [6.07, 6.45) is 4.17. The lowest BCUT2D eigenvalue weighted by molar-refractivity contribution is 0.0760. The van der Waals surface area contributed by atoms with Crippen LogP contribution in [0.4, 0.5) is 0 Å². The maximum Gasteiger partial charge on any atom is 0.0518 e. The molecule has 1 atom stereocenters. The third kappa shape index (κ3) is 5.89. The van der Waals surface area contributed by atoms with Gasteiger partial charge in [0.15, 0.2) is 0 Å². The third-order valence-corrected chi connectivity index (χ3v) is 3.55. The molecular weight excluding hydrogens is 194 g/mol. The first kappa shape index (κ1) is 12.3. The normalized spacial score (nSPS) is 22.1. The lowest BCUT2D eigenvalue weighted by Gasteiger charge is -2.11. The highest BCUT2D eigenvalue weighted by Gasteiger charge is 2.13. The average molecular weight is 217 g/mol. The molecule has 0 amide bonds. The molecule has 1 aliphatic rings. The van der Waals surface area contributed by atoms with Crippen molar-refractivity contribution in [2.24, 2.45) is 0 Å². The first-order chi connectivity index (χ1) is 6.79. The van der Waals surface area contributed by atoms with Crippen LogP contribution in [0.15, 0.2) is 0 Å². The molecule has 1 heterocycles. The minimum atomic E-state index is 0.384. The lowest BCUT2D eigenvalue weighted by Crippen LogP contribution is -2.29. The van der Waals surface area contributed by atoms with E-state index in [1.807, 2.05) is 0 Å². The van der Waals surface area contributed by atoms with Crippen LogP contribution in [0, 0.1) is 0 Å². The summed E-state index contributed by atoms with van der Waals surface area (Å²) in [6.45, 7) is 6.26. The van der Waals surface area contributed by atoms with Crippen LogP contribution >= 0.6 is 11.8 Å². The minimum absolute atomic E-state index is 0.384. The molecule has 0 bridgehead atoms. The highest BCUT2D eigenvalue weighted by atomic mass is 32.2. The standard InChI is InChI=1S/C11H23NOS/c1-10(2)13-7-4-3-6-12-11-5-8-14-9-11/h10-12H,3-9H2,1-2H3. The quantitative estimate of drug-likeness (QED) is 0.661. The summed E-state index contributed by atoms with van der Waals surface area (Å²) >= 11 is 2.07. The summed E-state index contributed by atoms with van der Waals surface area (Å²) in [5, 5.41) is 3.59. The Morgan fingerprint density at radius 3 is 2.93 bits per heavy atom. The molecule has 1 aliphatic heterocycles. The zero-order chi connectivity index (χ0) is 10.2. The Balaban J connectivity index is 1.79. The zero-order valence-electron chi connectivity index (χ0n) is 9.42. The molecule has 0 aromatic rings. The monoisotopic (exact) mass is 217 g/mol. The summed E-state index contributed by atoms with van der Waals surface area (Å²) < 4.78 is 5.48. The van der Waals surface area contributed by atoms with Crippen molar-refractivity contribution in [2.45, 2.75) is 45.3 Å². The van der Waals surface area contributed by atoms with Crippen LogP contribution in [-0.2, 0) is 4.74 Å². The van der Waals surface area contributed by atoms with Gasteiger partial charge in [0.2, 0.25) is 0 Å². The van der Waals surface area contributed by atoms with Crippen molar-refractivity contribution in [1.82, 2.24) is 5.32 Å². The van der Waals surface area contributed by atoms with Gasteiger partial charge in [-0.25, -0.2) is 0 Å². The Kier molecular flexibility index (Phi) is 6.65. The fraction of sp³-hybridized carbons (Fsp3) is 1.00. The van der Waals surface area contributed by atoms with Crippen molar-refractivity contribution in [3.8, 4) is 0 Å². The maximum atomic E-state index is 5.48. The van der Waals surface area contributed by atoms with E-state index in [1.54, 1.807) is 0 Å². The summed E-state index contributed by atoms with van der Waals surface area (Å²) in [5.41, 5.74) is 0. The van der Waals surface area contributed by atoms with Crippen molar-refractivity contribution < 1.29 is 4.74 Å². The average Bonchev–Trinajstić information content (AvgIpc) is 2.63. The van der Waals surface area contributed by atoms with Crippen molar-refractivity contribution in [2.75, 3.05) is 24.7 Å². The van der Waals surface area contributed by atoms with Crippen LogP contribution in [0.2, 0.25) is 0 Å². The first-order valence-corrected chi connectivity index (χ1v) is 6.87. The van der Waals surface area contributed by atoms with Crippen molar-refractivity contribution >= 4 is 11.8 Å². The summed E-state index contributed by atoms with van der Waals surface area (Å²) in [4.78, 5) is 0. The molecule has 1 fully saturated rings. The van der Waals surface area contributed by atoms with Crippen LogP contribution in [0.5, 0.6) is 0 Å². The van der Waals surface area contributed by atoms with Crippen molar-refractivity contribution in [3.63, 3.8) is 0 Å². The molecule has 2 nitrogen and oxygen atoms in total.